The predicted molar refractivity (Wildman–Crippen MR) is 78.6 cm³/mol. The lowest BCUT2D eigenvalue weighted by Crippen LogP contribution is -2.67. The smallest absolute Gasteiger partial charge is 0.380 e. The van der Waals surface area contributed by atoms with Crippen molar-refractivity contribution in [2.45, 2.75) is 76.4 Å². The van der Waals surface area contributed by atoms with E-state index in [1.165, 1.54) is 0 Å². The van der Waals surface area contributed by atoms with Crippen LogP contribution >= 0.6 is 0 Å². The number of halogens is 12. The first-order valence-corrected chi connectivity index (χ1v) is 7.92. The molecule has 30 heavy (non-hydrogen) atoms. The number of alkyl halides is 12. The Bertz CT molecular complexity index is 644. The maximum absolute atomic E-state index is 13.3. The van der Waals surface area contributed by atoms with Gasteiger partial charge in [0.15, 0.2) is 5.60 Å². The average molecular weight is 473 g/mol. The number of rotatable bonds is 6. The summed E-state index contributed by atoms with van der Waals surface area (Å²) >= 11 is 0. The monoisotopic (exact) mass is 473 g/mol. The molecule has 0 rings (SSSR count). The highest BCUT2D eigenvalue weighted by Crippen LogP contribution is 2.56. The van der Waals surface area contributed by atoms with E-state index < -0.39 is 65.3 Å². The molecular formula is C15H19F12NO2. The van der Waals surface area contributed by atoms with E-state index in [9.17, 15) is 62.9 Å². The van der Waals surface area contributed by atoms with Crippen LogP contribution in [-0.4, -0.2) is 51.8 Å². The first kappa shape index (κ1) is 28.8. The van der Waals surface area contributed by atoms with Gasteiger partial charge in [-0.15, -0.1) is 0 Å². The van der Waals surface area contributed by atoms with Crippen molar-refractivity contribution in [2.24, 2.45) is 10.8 Å². The topological polar surface area (TPSA) is 64.3 Å². The van der Waals surface area contributed by atoms with Crippen LogP contribution in [0, 0.1) is 16.2 Å². The summed E-state index contributed by atoms with van der Waals surface area (Å²) < 4.78 is 158. The van der Waals surface area contributed by atoms with Crippen molar-refractivity contribution in [3.8, 4) is 0 Å². The fraction of sp³-hybridized carbons (Fsp3) is 0.933. The number of hydrogen-bond donors (Lipinski definition) is 3. The van der Waals surface area contributed by atoms with Crippen LogP contribution in [0.2, 0.25) is 0 Å². The Morgan fingerprint density at radius 3 is 1.17 bits per heavy atom. The second-order valence-corrected chi connectivity index (χ2v) is 7.79. The van der Waals surface area contributed by atoms with Crippen molar-refractivity contribution in [3.63, 3.8) is 0 Å². The lowest BCUT2D eigenvalue weighted by Gasteiger charge is -2.47. The minimum absolute atomic E-state index is 0.111. The fourth-order valence-electron chi connectivity index (χ4n) is 2.64. The van der Waals surface area contributed by atoms with Crippen molar-refractivity contribution in [1.82, 2.24) is 0 Å². The Morgan fingerprint density at radius 2 is 0.933 bits per heavy atom. The number of hydrogen-bond acceptors (Lipinski definition) is 3. The maximum Gasteiger partial charge on any atom is 0.423 e. The molecule has 0 aliphatic carbocycles. The SMILES string of the molecule is CC(C)(C(F)(F)F)C(O)(CCC(=N)C(O)(C(F)(F)F)C(C)(C)C(F)(F)F)C(F)(F)F. The van der Waals surface area contributed by atoms with Crippen LogP contribution in [0.5, 0.6) is 0 Å². The molecule has 0 fully saturated rings. The summed E-state index contributed by atoms with van der Waals surface area (Å²) in [4.78, 5) is 0. The molecule has 0 amide bonds. The quantitative estimate of drug-likeness (QED) is 0.350. The molecule has 3 nitrogen and oxygen atoms in total. The Balaban J connectivity index is 6.40. The predicted octanol–water partition coefficient (Wildman–Crippen LogP) is 5.55. The maximum atomic E-state index is 13.3. The van der Waals surface area contributed by atoms with E-state index >= 15 is 0 Å². The van der Waals surface area contributed by atoms with Crippen molar-refractivity contribution in [3.05, 3.63) is 0 Å². The molecule has 2 atom stereocenters. The van der Waals surface area contributed by atoms with E-state index in [4.69, 9.17) is 5.41 Å². The van der Waals surface area contributed by atoms with Crippen LogP contribution in [0.25, 0.3) is 0 Å². The molecule has 0 aliphatic rings. The number of nitrogens with one attached hydrogen (secondary N) is 1. The van der Waals surface area contributed by atoms with Crippen molar-refractivity contribution in [1.29, 1.82) is 5.41 Å². The molecule has 0 saturated heterocycles. The molecule has 0 heterocycles. The summed E-state index contributed by atoms with van der Waals surface area (Å²) in [6.45, 7) is -0.575. The van der Waals surface area contributed by atoms with Gasteiger partial charge in [0, 0.05) is 0 Å². The van der Waals surface area contributed by atoms with Crippen LogP contribution in [0.15, 0.2) is 0 Å². The Hall–Kier alpha value is -1.25. The van der Waals surface area contributed by atoms with Crippen molar-refractivity contribution >= 4 is 5.71 Å². The van der Waals surface area contributed by atoms with Gasteiger partial charge in [-0.3, -0.25) is 0 Å². The first-order valence-electron chi connectivity index (χ1n) is 7.92. The van der Waals surface area contributed by atoms with Crippen LogP contribution in [0.3, 0.4) is 0 Å². The van der Waals surface area contributed by atoms with E-state index in [1.807, 2.05) is 0 Å². The van der Waals surface area contributed by atoms with Crippen LogP contribution in [0.1, 0.15) is 40.5 Å². The van der Waals surface area contributed by atoms with Gasteiger partial charge in [-0.25, -0.2) is 0 Å². The summed E-state index contributed by atoms with van der Waals surface area (Å²) in [7, 11) is 0. The third kappa shape index (κ3) is 4.23. The minimum Gasteiger partial charge on any atom is -0.380 e. The van der Waals surface area contributed by atoms with Crippen LogP contribution in [-0.2, 0) is 0 Å². The zero-order chi connectivity index (χ0) is 25.0. The molecule has 3 N–H and O–H groups in total. The van der Waals surface area contributed by atoms with Crippen LogP contribution in [0.4, 0.5) is 52.7 Å². The average Bonchev–Trinajstić information content (AvgIpc) is 2.46. The normalized spacial score (nSPS) is 19.3. The Morgan fingerprint density at radius 1 is 0.600 bits per heavy atom. The van der Waals surface area contributed by atoms with Gasteiger partial charge in [0.2, 0.25) is 5.60 Å². The van der Waals surface area contributed by atoms with Gasteiger partial charge in [-0.1, -0.05) is 0 Å². The lowest BCUT2D eigenvalue weighted by atomic mass is 9.67. The largest absolute Gasteiger partial charge is 0.423 e. The molecule has 0 saturated carbocycles. The Kier molecular flexibility index (Phi) is 7.11. The number of aliphatic hydroxyl groups is 2. The summed E-state index contributed by atoms with van der Waals surface area (Å²) in [5.41, 5.74) is -20.4. The fourth-order valence-corrected chi connectivity index (χ4v) is 2.64. The first-order chi connectivity index (χ1) is 12.6. The highest BCUT2D eigenvalue weighted by molar-refractivity contribution is 5.91. The third-order valence-electron chi connectivity index (χ3n) is 5.41. The summed E-state index contributed by atoms with van der Waals surface area (Å²) in [6, 6.07) is 0. The second kappa shape index (κ2) is 7.41. The molecule has 0 radical (unpaired) electrons. The van der Waals surface area contributed by atoms with Gasteiger partial charge in [0.05, 0.1) is 11.1 Å². The minimum atomic E-state index is -6.24. The van der Waals surface area contributed by atoms with E-state index in [2.05, 4.69) is 0 Å². The summed E-state index contributed by atoms with van der Waals surface area (Å²) in [5.74, 6) is 0. The second-order valence-electron chi connectivity index (χ2n) is 7.79. The molecule has 0 aromatic rings. The van der Waals surface area contributed by atoms with E-state index in [-0.39, 0.29) is 27.7 Å². The van der Waals surface area contributed by atoms with Gasteiger partial charge in [-0.05, 0) is 40.5 Å². The van der Waals surface area contributed by atoms with Gasteiger partial charge in [0.1, 0.15) is 5.41 Å². The lowest BCUT2D eigenvalue weighted by molar-refractivity contribution is -0.358. The highest BCUT2D eigenvalue weighted by atomic mass is 19.4. The highest BCUT2D eigenvalue weighted by Gasteiger charge is 2.74. The summed E-state index contributed by atoms with van der Waals surface area (Å²) in [6.07, 6.45) is -28.2. The zero-order valence-electron chi connectivity index (χ0n) is 15.8. The molecule has 2 unspecified atom stereocenters. The van der Waals surface area contributed by atoms with E-state index in [0.29, 0.717) is 0 Å². The molecule has 180 valence electrons. The van der Waals surface area contributed by atoms with Gasteiger partial charge >= 0.3 is 24.7 Å². The van der Waals surface area contributed by atoms with Crippen LogP contribution < -0.4 is 0 Å². The van der Waals surface area contributed by atoms with Gasteiger partial charge in [0.25, 0.3) is 0 Å². The molecule has 0 aromatic carbocycles. The molecule has 0 aliphatic heterocycles. The van der Waals surface area contributed by atoms with Gasteiger partial charge < -0.3 is 15.6 Å². The molecule has 0 bridgehead atoms. The zero-order valence-corrected chi connectivity index (χ0v) is 15.8. The molecule has 0 aromatic heterocycles. The Labute approximate surface area is 162 Å². The van der Waals surface area contributed by atoms with Gasteiger partial charge in [-0.2, -0.15) is 52.7 Å². The van der Waals surface area contributed by atoms with E-state index in [1.54, 1.807) is 0 Å². The van der Waals surface area contributed by atoms with E-state index in [0.717, 1.165) is 0 Å². The third-order valence-corrected chi connectivity index (χ3v) is 5.41. The molecule has 15 heteroatoms. The van der Waals surface area contributed by atoms with Crippen molar-refractivity contribution in [2.75, 3.05) is 0 Å². The summed E-state index contributed by atoms with van der Waals surface area (Å²) in [5, 5.41) is 26.8. The molecular weight excluding hydrogens is 454 g/mol. The molecule has 0 spiro atoms. The van der Waals surface area contributed by atoms with Crippen molar-refractivity contribution < 1.29 is 62.9 Å². The standard InChI is InChI=1S/C15H19F12NO2/c1-8(2,12(16,17)18)10(29,14(22,23)24)6-5-7(28)11(30,15(25,26)27)9(3,4)13(19,20)21/h28-30H,5-6H2,1-4H3.